The normalized spacial score (nSPS) is 11.2. The topological polar surface area (TPSA) is 82.8 Å². The molecule has 0 bridgehead atoms. The van der Waals surface area contributed by atoms with Crippen molar-refractivity contribution < 1.29 is 19.4 Å². The average molecular weight is 383 g/mol. The lowest BCUT2D eigenvalue weighted by Crippen LogP contribution is -2.19. The number of hydrogen-bond donors (Lipinski definition) is 1. The minimum Gasteiger partial charge on any atom is -0.490 e. The Bertz CT molecular complexity index is 636. The third kappa shape index (κ3) is 5.93. The third-order valence-electron chi connectivity index (χ3n) is 2.78. The molecule has 0 amide bonds. The van der Waals surface area contributed by atoms with Gasteiger partial charge in [-0.1, -0.05) is 0 Å². The summed E-state index contributed by atoms with van der Waals surface area (Å²) in [6.07, 6.45) is 1.29. The van der Waals surface area contributed by atoms with Crippen LogP contribution >= 0.6 is 15.9 Å². The van der Waals surface area contributed by atoms with E-state index in [1.165, 1.54) is 6.08 Å². The van der Waals surface area contributed by atoms with Gasteiger partial charge in [0, 0.05) is 6.54 Å². The van der Waals surface area contributed by atoms with Crippen LogP contribution in [0.3, 0.4) is 0 Å². The number of nitrogens with zero attached hydrogens (tertiary/aromatic N) is 2. The van der Waals surface area contributed by atoms with E-state index in [1.54, 1.807) is 18.2 Å². The van der Waals surface area contributed by atoms with E-state index >= 15 is 0 Å². The Kier molecular flexibility index (Phi) is 7.59. The molecule has 1 N–H and O–H groups in total. The van der Waals surface area contributed by atoms with Crippen molar-refractivity contribution in [3.63, 3.8) is 0 Å². The summed E-state index contributed by atoms with van der Waals surface area (Å²) in [5.41, 5.74) is 0.194. The van der Waals surface area contributed by atoms with E-state index in [1.807, 2.05) is 25.9 Å². The third-order valence-corrected chi connectivity index (χ3v) is 3.37. The number of likely N-dealkylation sites (N-methyl/N-ethyl adjacent to an activating group) is 1. The van der Waals surface area contributed by atoms with Crippen molar-refractivity contribution in [2.45, 2.75) is 6.92 Å². The number of ether oxygens (including phenoxy) is 2. The van der Waals surface area contributed by atoms with E-state index < -0.39 is 5.97 Å². The molecule has 7 heteroatoms. The van der Waals surface area contributed by atoms with Gasteiger partial charge >= 0.3 is 5.97 Å². The van der Waals surface area contributed by atoms with Gasteiger partial charge in [-0.05, 0) is 60.7 Å². The first-order valence-corrected chi connectivity index (χ1v) is 7.77. The summed E-state index contributed by atoms with van der Waals surface area (Å²) in [4.78, 5) is 12.9. The molecule has 23 heavy (non-hydrogen) atoms. The Morgan fingerprint density at radius 3 is 2.65 bits per heavy atom. The highest BCUT2D eigenvalue weighted by Gasteiger charge is 2.13. The lowest BCUT2D eigenvalue weighted by Gasteiger charge is -2.16. The monoisotopic (exact) mass is 382 g/mol. The molecule has 1 aromatic rings. The van der Waals surface area contributed by atoms with Gasteiger partial charge < -0.3 is 19.5 Å². The fourth-order valence-corrected chi connectivity index (χ4v) is 2.29. The Morgan fingerprint density at radius 1 is 1.43 bits per heavy atom. The smallest absolute Gasteiger partial charge is 0.346 e. The molecule has 0 aromatic heterocycles. The predicted octanol–water partition coefficient (Wildman–Crippen LogP) is 2.78. The number of rotatable bonds is 8. The SMILES string of the molecule is CCOc1cc(C=C(C#N)C(=O)O)cc(Br)c1OCCN(C)C. The number of carbonyl (C=O) groups is 1. The molecule has 0 saturated carbocycles. The molecule has 0 radical (unpaired) electrons. The highest BCUT2D eigenvalue weighted by atomic mass is 79.9. The molecule has 0 spiro atoms. The second-order valence-corrected chi connectivity index (χ2v) is 5.74. The first-order valence-electron chi connectivity index (χ1n) is 6.98. The van der Waals surface area contributed by atoms with Crippen molar-refractivity contribution in [2.75, 3.05) is 33.9 Å². The highest BCUT2D eigenvalue weighted by Crippen LogP contribution is 2.37. The average Bonchev–Trinajstić information content (AvgIpc) is 2.47. The van der Waals surface area contributed by atoms with Crippen LogP contribution in [0, 0.1) is 11.3 Å². The number of nitriles is 1. The molecule has 0 atom stereocenters. The van der Waals surface area contributed by atoms with Crippen LogP contribution < -0.4 is 9.47 Å². The Hall–Kier alpha value is -2.04. The first-order chi connectivity index (χ1) is 10.9. The van der Waals surface area contributed by atoms with Crippen LogP contribution in [-0.4, -0.2) is 49.8 Å². The summed E-state index contributed by atoms with van der Waals surface area (Å²) in [6.45, 7) is 3.52. The molecule has 124 valence electrons. The minimum atomic E-state index is -1.27. The number of carboxylic acids is 1. The van der Waals surface area contributed by atoms with Crippen LogP contribution in [0.1, 0.15) is 12.5 Å². The summed E-state index contributed by atoms with van der Waals surface area (Å²) in [6, 6.07) is 4.99. The lowest BCUT2D eigenvalue weighted by molar-refractivity contribution is -0.132. The molecule has 0 saturated heterocycles. The zero-order chi connectivity index (χ0) is 17.4. The van der Waals surface area contributed by atoms with Crippen LogP contribution in [0.5, 0.6) is 11.5 Å². The van der Waals surface area contributed by atoms with Gasteiger partial charge in [-0.15, -0.1) is 0 Å². The van der Waals surface area contributed by atoms with Crippen LogP contribution in [0.4, 0.5) is 0 Å². The van der Waals surface area contributed by atoms with E-state index in [0.29, 0.717) is 34.7 Å². The summed E-state index contributed by atoms with van der Waals surface area (Å²) >= 11 is 3.41. The first kappa shape index (κ1) is 19.0. The van der Waals surface area contributed by atoms with Crippen molar-refractivity contribution >= 4 is 28.0 Å². The van der Waals surface area contributed by atoms with Crippen molar-refractivity contribution in [2.24, 2.45) is 0 Å². The van der Waals surface area contributed by atoms with Crippen molar-refractivity contribution in [1.29, 1.82) is 5.26 Å². The zero-order valence-corrected chi connectivity index (χ0v) is 14.9. The molecular formula is C16H19BrN2O4. The van der Waals surface area contributed by atoms with E-state index in [2.05, 4.69) is 15.9 Å². The lowest BCUT2D eigenvalue weighted by atomic mass is 10.1. The highest BCUT2D eigenvalue weighted by molar-refractivity contribution is 9.10. The molecule has 1 rings (SSSR count). The fourth-order valence-electron chi connectivity index (χ4n) is 1.71. The maximum absolute atomic E-state index is 10.9. The summed E-state index contributed by atoms with van der Waals surface area (Å²) in [7, 11) is 3.90. The number of benzene rings is 1. The number of halogens is 1. The van der Waals surface area contributed by atoms with Crippen LogP contribution in [-0.2, 0) is 4.79 Å². The van der Waals surface area contributed by atoms with Gasteiger partial charge in [-0.2, -0.15) is 5.26 Å². The summed E-state index contributed by atoms with van der Waals surface area (Å²) in [5, 5.41) is 17.8. The number of carboxylic acid groups (broad SMARTS) is 1. The molecule has 0 aliphatic heterocycles. The van der Waals surface area contributed by atoms with Crippen molar-refractivity contribution in [3.8, 4) is 17.6 Å². The predicted molar refractivity (Wildman–Crippen MR) is 90.6 cm³/mol. The standard InChI is InChI=1S/C16H19BrN2O4/c1-4-22-14-9-11(7-12(10-18)16(20)21)8-13(17)15(14)23-6-5-19(2)3/h7-9H,4-6H2,1-3H3,(H,20,21). The van der Waals surface area contributed by atoms with Gasteiger partial charge in [0.15, 0.2) is 11.5 Å². The molecule has 0 fully saturated rings. The Morgan fingerprint density at radius 2 is 2.13 bits per heavy atom. The molecule has 6 nitrogen and oxygen atoms in total. The Balaban J connectivity index is 3.15. The van der Waals surface area contributed by atoms with E-state index in [-0.39, 0.29) is 5.57 Å². The fraction of sp³-hybridized carbons (Fsp3) is 0.375. The van der Waals surface area contributed by atoms with Crippen LogP contribution in [0.15, 0.2) is 22.2 Å². The van der Waals surface area contributed by atoms with Gasteiger partial charge in [0.05, 0.1) is 11.1 Å². The maximum atomic E-state index is 10.9. The summed E-state index contributed by atoms with van der Waals surface area (Å²) < 4.78 is 11.9. The molecule has 0 aliphatic carbocycles. The van der Waals surface area contributed by atoms with Gasteiger partial charge in [-0.3, -0.25) is 0 Å². The zero-order valence-electron chi connectivity index (χ0n) is 13.3. The molecule has 0 heterocycles. The summed E-state index contributed by atoms with van der Waals surface area (Å²) in [5.74, 6) is -0.220. The maximum Gasteiger partial charge on any atom is 0.346 e. The molecule has 0 aliphatic rings. The van der Waals surface area contributed by atoms with E-state index in [4.69, 9.17) is 19.8 Å². The second-order valence-electron chi connectivity index (χ2n) is 4.89. The van der Waals surface area contributed by atoms with E-state index in [9.17, 15) is 4.79 Å². The van der Waals surface area contributed by atoms with E-state index in [0.717, 1.165) is 6.54 Å². The quantitative estimate of drug-likeness (QED) is 0.549. The number of aliphatic carboxylic acids is 1. The van der Waals surface area contributed by atoms with Crippen molar-refractivity contribution in [1.82, 2.24) is 4.90 Å². The minimum absolute atomic E-state index is 0.347. The number of hydrogen-bond acceptors (Lipinski definition) is 5. The van der Waals surface area contributed by atoms with Crippen molar-refractivity contribution in [3.05, 3.63) is 27.7 Å². The largest absolute Gasteiger partial charge is 0.490 e. The van der Waals surface area contributed by atoms with Gasteiger partial charge in [0.1, 0.15) is 18.2 Å². The van der Waals surface area contributed by atoms with Crippen LogP contribution in [0.2, 0.25) is 0 Å². The van der Waals surface area contributed by atoms with Gasteiger partial charge in [0.2, 0.25) is 0 Å². The molecular weight excluding hydrogens is 364 g/mol. The van der Waals surface area contributed by atoms with Gasteiger partial charge in [0.25, 0.3) is 0 Å². The second kappa shape index (κ2) is 9.18. The van der Waals surface area contributed by atoms with Crippen LogP contribution in [0.25, 0.3) is 6.08 Å². The molecule has 0 unspecified atom stereocenters. The van der Waals surface area contributed by atoms with Gasteiger partial charge in [-0.25, -0.2) is 4.79 Å². The molecule has 1 aromatic carbocycles. The Labute approximate surface area is 144 Å².